The van der Waals surface area contributed by atoms with E-state index < -0.39 is 10.0 Å². The van der Waals surface area contributed by atoms with E-state index >= 15 is 0 Å². The van der Waals surface area contributed by atoms with Crippen molar-refractivity contribution in [3.63, 3.8) is 0 Å². The monoisotopic (exact) mass is 488 g/mol. The molecule has 0 heterocycles. The smallest absolute Gasteiger partial charge is 0.243 e. The van der Waals surface area contributed by atoms with Crippen molar-refractivity contribution in [1.29, 1.82) is 0 Å². The maximum Gasteiger partial charge on any atom is 0.243 e. The van der Waals surface area contributed by atoms with Crippen LogP contribution >= 0.6 is 27.5 Å². The maximum absolute atomic E-state index is 12.9. The highest BCUT2D eigenvalue weighted by Gasteiger charge is 2.26. The molecule has 0 aliphatic rings. The summed E-state index contributed by atoms with van der Waals surface area (Å²) in [6.45, 7) is 3.37. The Kier molecular flexibility index (Phi) is 7.88. The van der Waals surface area contributed by atoms with Crippen LogP contribution in [-0.2, 0) is 14.8 Å². The molecule has 2 aromatic carbocycles. The molecule has 0 aliphatic heterocycles. The third kappa shape index (κ3) is 5.47. The molecule has 0 aromatic heterocycles. The van der Waals surface area contributed by atoms with Crippen LogP contribution in [0.3, 0.4) is 0 Å². The van der Waals surface area contributed by atoms with Gasteiger partial charge in [-0.15, -0.1) is 0 Å². The molecule has 1 N–H and O–H groups in total. The molecule has 0 fully saturated rings. The fraction of sp³-hybridized carbons (Fsp3) is 0.316. The molecule has 152 valence electrons. The zero-order chi connectivity index (χ0) is 20.9. The zero-order valence-electron chi connectivity index (χ0n) is 15.8. The van der Waals surface area contributed by atoms with Gasteiger partial charge in [-0.25, -0.2) is 8.42 Å². The molecular weight excluding hydrogens is 468 g/mol. The van der Waals surface area contributed by atoms with Crippen LogP contribution in [0, 0.1) is 0 Å². The molecule has 6 nitrogen and oxygen atoms in total. The summed E-state index contributed by atoms with van der Waals surface area (Å²) in [6.07, 6.45) is 0. The quantitative estimate of drug-likeness (QED) is 0.608. The lowest BCUT2D eigenvalue weighted by molar-refractivity contribution is -0.121. The first-order valence-electron chi connectivity index (χ1n) is 8.57. The van der Waals surface area contributed by atoms with Crippen molar-refractivity contribution in [3.05, 3.63) is 57.5 Å². The number of rotatable bonds is 8. The van der Waals surface area contributed by atoms with Crippen molar-refractivity contribution in [2.45, 2.75) is 24.8 Å². The second-order valence-electron chi connectivity index (χ2n) is 6.07. The SMILES string of the molecule is CCN(CC(=O)N[C@H](C)c1ccc(Br)cc1)S(=O)(=O)c1ccc(OC)c(Cl)c1. The van der Waals surface area contributed by atoms with Gasteiger partial charge in [-0.1, -0.05) is 46.6 Å². The second kappa shape index (κ2) is 9.73. The Morgan fingerprint density at radius 1 is 1.25 bits per heavy atom. The molecule has 0 radical (unpaired) electrons. The Hall–Kier alpha value is -1.61. The number of nitrogens with one attached hydrogen (secondary N) is 1. The summed E-state index contributed by atoms with van der Waals surface area (Å²) >= 11 is 9.41. The van der Waals surface area contributed by atoms with Crippen LogP contribution in [0.25, 0.3) is 0 Å². The number of amides is 1. The molecular formula is C19H22BrClN2O4S. The summed E-state index contributed by atoms with van der Waals surface area (Å²) in [5.41, 5.74) is 0.921. The molecule has 1 atom stereocenters. The predicted octanol–water partition coefficient (Wildman–Crippen LogP) is 4.00. The largest absolute Gasteiger partial charge is 0.495 e. The van der Waals surface area contributed by atoms with Crippen LogP contribution < -0.4 is 10.1 Å². The molecule has 0 aliphatic carbocycles. The minimum absolute atomic E-state index is 0.00825. The Bertz CT molecular complexity index is 935. The van der Waals surface area contributed by atoms with Gasteiger partial charge in [0.15, 0.2) is 0 Å². The van der Waals surface area contributed by atoms with Gasteiger partial charge in [0.05, 0.1) is 29.6 Å². The van der Waals surface area contributed by atoms with Gasteiger partial charge < -0.3 is 10.1 Å². The van der Waals surface area contributed by atoms with Gasteiger partial charge in [-0.05, 0) is 42.8 Å². The zero-order valence-corrected chi connectivity index (χ0v) is 18.9. The number of benzene rings is 2. The highest BCUT2D eigenvalue weighted by Crippen LogP contribution is 2.28. The average molecular weight is 490 g/mol. The number of carbonyl (C=O) groups excluding carboxylic acids is 1. The van der Waals surface area contributed by atoms with Gasteiger partial charge in [-0.2, -0.15) is 4.31 Å². The molecule has 0 saturated carbocycles. The van der Waals surface area contributed by atoms with E-state index in [9.17, 15) is 13.2 Å². The minimum Gasteiger partial charge on any atom is -0.495 e. The number of sulfonamides is 1. The Balaban J connectivity index is 2.12. The number of methoxy groups -OCH3 is 1. The summed E-state index contributed by atoms with van der Waals surface area (Å²) in [5.74, 6) is -0.00909. The summed E-state index contributed by atoms with van der Waals surface area (Å²) < 4.78 is 32.9. The molecule has 0 saturated heterocycles. The van der Waals surface area contributed by atoms with E-state index in [0.29, 0.717) is 5.75 Å². The highest BCUT2D eigenvalue weighted by atomic mass is 79.9. The fourth-order valence-corrected chi connectivity index (χ4v) is 4.62. The molecule has 28 heavy (non-hydrogen) atoms. The van der Waals surface area contributed by atoms with E-state index in [1.54, 1.807) is 6.92 Å². The Labute approximate surface area is 179 Å². The summed E-state index contributed by atoms with van der Waals surface area (Å²) in [4.78, 5) is 12.4. The summed E-state index contributed by atoms with van der Waals surface area (Å²) in [7, 11) is -2.42. The van der Waals surface area contributed by atoms with Crippen molar-refractivity contribution >= 4 is 43.5 Å². The van der Waals surface area contributed by atoms with Gasteiger partial charge in [0.1, 0.15) is 5.75 Å². The van der Waals surface area contributed by atoms with E-state index in [4.69, 9.17) is 16.3 Å². The van der Waals surface area contributed by atoms with E-state index in [2.05, 4.69) is 21.2 Å². The molecule has 2 rings (SSSR count). The molecule has 0 bridgehead atoms. The summed E-state index contributed by atoms with van der Waals surface area (Å²) in [5, 5.41) is 3.02. The maximum atomic E-state index is 12.9. The van der Waals surface area contributed by atoms with Crippen molar-refractivity contribution < 1.29 is 17.9 Å². The van der Waals surface area contributed by atoms with Gasteiger partial charge >= 0.3 is 0 Å². The number of halogens is 2. The van der Waals surface area contributed by atoms with E-state index in [1.807, 2.05) is 31.2 Å². The lowest BCUT2D eigenvalue weighted by atomic mass is 10.1. The first kappa shape index (κ1) is 22.7. The van der Waals surface area contributed by atoms with Crippen LogP contribution in [0.4, 0.5) is 0 Å². The molecule has 0 unspecified atom stereocenters. The van der Waals surface area contributed by atoms with Crippen LogP contribution in [0.1, 0.15) is 25.5 Å². The topological polar surface area (TPSA) is 75.7 Å². The second-order valence-corrected chi connectivity index (χ2v) is 9.33. The highest BCUT2D eigenvalue weighted by molar-refractivity contribution is 9.10. The van der Waals surface area contributed by atoms with E-state index in [0.717, 1.165) is 14.3 Å². The number of hydrogen-bond donors (Lipinski definition) is 1. The summed E-state index contributed by atoms with van der Waals surface area (Å²) in [6, 6.07) is 11.5. The fourth-order valence-electron chi connectivity index (χ4n) is 2.61. The van der Waals surface area contributed by atoms with Crippen molar-refractivity contribution in [2.75, 3.05) is 20.2 Å². The predicted molar refractivity (Wildman–Crippen MR) is 113 cm³/mol. The number of hydrogen-bond acceptors (Lipinski definition) is 4. The molecule has 1 amide bonds. The Morgan fingerprint density at radius 3 is 2.43 bits per heavy atom. The standard InChI is InChI=1S/C19H22BrClN2O4S/c1-4-23(28(25,26)16-9-10-18(27-3)17(21)11-16)12-19(24)22-13(2)14-5-7-15(20)8-6-14/h5-11,13H,4,12H2,1-3H3,(H,22,24)/t13-/m1/s1. The lowest BCUT2D eigenvalue weighted by Gasteiger charge is -2.22. The van der Waals surface area contributed by atoms with Crippen molar-refractivity contribution in [3.8, 4) is 5.75 Å². The minimum atomic E-state index is -3.87. The number of nitrogens with zero attached hydrogens (tertiary/aromatic N) is 1. The van der Waals surface area contributed by atoms with Crippen molar-refractivity contribution in [1.82, 2.24) is 9.62 Å². The first-order chi connectivity index (χ1) is 13.2. The number of likely N-dealkylation sites (N-methyl/N-ethyl adjacent to an activating group) is 1. The van der Waals surface area contributed by atoms with Gasteiger partial charge in [0.2, 0.25) is 15.9 Å². The number of carbonyl (C=O) groups is 1. The molecule has 0 spiro atoms. The van der Waals surface area contributed by atoms with Crippen LogP contribution in [0.15, 0.2) is 51.8 Å². The van der Waals surface area contributed by atoms with Crippen LogP contribution in [0.2, 0.25) is 5.02 Å². The van der Waals surface area contributed by atoms with Gasteiger partial charge in [-0.3, -0.25) is 4.79 Å². The third-order valence-electron chi connectivity index (χ3n) is 4.18. The van der Waals surface area contributed by atoms with Gasteiger partial charge in [0, 0.05) is 11.0 Å². The Morgan fingerprint density at radius 2 is 1.89 bits per heavy atom. The normalized spacial score (nSPS) is 12.6. The first-order valence-corrected chi connectivity index (χ1v) is 11.2. The van der Waals surface area contributed by atoms with Crippen LogP contribution in [-0.4, -0.2) is 38.8 Å². The van der Waals surface area contributed by atoms with Gasteiger partial charge in [0.25, 0.3) is 0 Å². The molecule has 9 heteroatoms. The van der Waals surface area contributed by atoms with E-state index in [1.165, 1.54) is 25.3 Å². The third-order valence-corrected chi connectivity index (χ3v) is 6.92. The average Bonchev–Trinajstić information content (AvgIpc) is 2.66. The van der Waals surface area contributed by atoms with E-state index in [-0.39, 0.29) is 35.0 Å². The lowest BCUT2D eigenvalue weighted by Crippen LogP contribution is -2.41. The van der Waals surface area contributed by atoms with Crippen molar-refractivity contribution in [2.24, 2.45) is 0 Å². The van der Waals surface area contributed by atoms with Crippen LogP contribution in [0.5, 0.6) is 5.75 Å². The number of ether oxygens (including phenoxy) is 1. The molecule has 2 aromatic rings.